The minimum absolute atomic E-state index is 0.143. The second kappa shape index (κ2) is 5.85. The molecule has 0 bridgehead atoms. The SMILES string of the molecule is NCCN1CCC(C2=NCC(=O)c3ccccc32)CC1. The Morgan fingerprint density at radius 1 is 1.20 bits per heavy atom. The number of carbonyl (C=O) groups excluding carboxylic acids is 1. The van der Waals surface area contributed by atoms with Crippen LogP contribution < -0.4 is 5.73 Å². The van der Waals surface area contributed by atoms with Gasteiger partial charge < -0.3 is 10.6 Å². The van der Waals surface area contributed by atoms with Gasteiger partial charge in [0.2, 0.25) is 0 Å². The van der Waals surface area contributed by atoms with E-state index in [4.69, 9.17) is 5.73 Å². The topological polar surface area (TPSA) is 58.7 Å². The van der Waals surface area contributed by atoms with Crippen LogP contribution >= 0.6 is 0 Å². The number of aliphatic imine (C=N–C) groups is 1. The van der Waals surface area contributed by atoms with Crippen molar-refractivity contribution in [3.05, 3.63) is 35.4 Å². The molecule has 1 aromatic rings. The maximum Gasteiger partial charge on any atom is 0.184 e. The zero-order valence-corrected chi connectivity index (χ0v) is 11.7. The van der Waals surface area contributed by atoms with Crippen LogP contribution in [0.5, 0.6) is 0 Å². The van der Waals surface area contributed by atoms with Gasteiger partial charge in [-0.2, -0.15) is 0 Å². The first kappa shape index (κ1) is 13.5. The molecule has 0 unspecified atom stereocenters. The van der Waals surface area contributed by atoms with Crippen molar-refractivity contribution in [3.63, 3.8) is 0 Å². The van der Waals surface area contributed by atoms with E-state index in [0.717, 1.165) is 55.9 Å². The van der Waals surface area contributed by atoms with Crippen molar-refractivity contribution in [3.8, 4) is 0 Å². The van der Waals surface area contributed by atoms with Crippen LogP contribution in [0, 0.1) is 5.92 Å². The van der Waals surface area contributed by atoms with Gasteiger partial charge >= 0.3 is 0 Å². The number of hydrogen-bond donors (Lipinski definition) is 1. The molecule has 0 spiro atoms. The maximum atomic E-state index is 11.9. The van der Waals surface area contributed by atoms with Crippen molar-refractivity contribution >= 4 is 11.5 Å². The van der Waals surface area contributed by atoms with Crippen molar-refractivity contribution in [2.24, 2.45) is 16.6 Å². The highest BCUT2D eigenvalue weighted by Gasteiger charge is 2.28. The summed E-state index contributed by atoms with van der Waals surface area (Å²) in [4.78, 5) is 18.9. The van der Waals surface area contributed by atoms with Gasteiger partial charge in [-0.1, -0.05) is 24.3 Å². The zero-order chi connectivity index (χ0) is 13.9. The van der Waals surface area contributed by atoms with Crippen molar-refractivity contribution in [1.29, 1.82) is 0 Å². The number of benzene rings is 1. The predicted octanol–water partition coefficient (Wildman–Crippen LogP) is 1.34. The molecule has 1 aromatic carbocycles. The molecule has 106 valence electrons. The van der Waals surface area contributed by atoms with Crippen molar-refractivity contribution in [2.75, 3.05) is 32.7 Å². The summed E-state index contributed by atoms with van der Waals surface area (Å²) >= 11 is 0. The molecule has 1 fully saturated rings. The monoisotopic (exact) mass is 271 g/mol. The fraction of sp³-hybridized carbons (Fsp3) is 0.500. The van der Waals surface area contributed by atoms with E-state index in [9.17, 15) is 4.79 Å². The molecule has 2 heterocycles. The molecule has 1 saturated heterocycles. The van der Waals surface area contributed by atoms with Gasteiger partial charge in [0, 0.05) is 35.8 Å². The van der Waals surface area contributed by atoms with Gasteiger partial charge in [-0.15, -0.1) is 0 Å². The number of fused-ring (bicyclic) bond motifs is 1. The van der Waals surface area contributed by atoms with E-state index in [0.29, 0.717) is 12.5 Å². The Morgan fingerprint density at radius 3 is 2.60 bits per heavy atom. The highest BCUT2D eigenvalue weighted by atomic mass is 16.1. The smallest absolute Gasteiger partial charge is 0.184 e. The summed E-state index contributed by atoms with van der Waals surface area (Å²) in [6, 6.07) is 7.90. The molecular weight excluding hydrogens is 250 g/mol. The predicted molar refractivity (Wildman–Crippen MR) is 80.4 cm³/mol. The van der Waals surface area contributed by atoms with Crippen LogP contribution in [0.3, 0.4) is 0 Å². The number of rotatable bonds is 3. The van der Waals surface area contributed by atoms with E-state index in [2.05, 4.69) is 9.89 Å². The molecule has 2 aliphatic rings. The molecule has 0 amide bonds. The number of carbonyl (C=O) groups is 1. The Kier molecular flexibility index (Phi) is 3.94. The largest absolute Gasteiger partial charge is 0.329 e. The van der Waals surface area contributed by atoms with Crippen LogP contribution in [-0.4, -0.2) is 49.1 Å². The standard InChI is InChI=1S/C16H21N3O/c17-7-10-19-8-5-12(6-9-19)16-14-4-2-1-3-13(14)15(20)11-18-16/h1-4,12H,5-11,17H2. The van der Waals surface area contributed by atoms with Crippen LogP contribution in [0.1, 0.15) is 28.8 Å². The van der Waals surface area contributed by atoms with E-state index < -0.39 is 0 Å². The quantitative estimate of drug-likeness (QED) is 0.902. The first-order chi connectivity index (χ1) is 9.79. The van der Waals surface area contributed by atoms with Gasteiger partial charge in [0.05, 0.1) is 0 Å². The molecule has 4 nitrogen and oxygen atoms in total. The van der Waals surface area contributed by atoms with E-state index in [-0.39, 0.29) is 5.78 Å². The zero-order valence-electron chi connectivity index (χ0n) is 11.7. The number of hydrogen-bond acceptors (Lipinski definition) is 4. The normalized spacial score (nSPS) is 20.6. The Hall–Kier alpha value is -1.52. The molecular formula is C16H21N3O. The molecule has 2 aliphatic heterocycles. The molecule has 0 saturated carbocycles. The average molecular weight is 271 g/mol. The lowest BCUT2D eigenvalue weighted by Gasteiger charge is -2.33. The van der Waals surface area contributed by atoms with Crippen molar-refractivity contribution in [2.45, 2.75) is 12.8 Å². The summed E-state index contributed by atoms with van der Waals surface area (Å²) in [6.07, 6.45) is 2.22. The molecule has 0 aromatic heterocycles. The van der Waals surface area contributed by atoms with Gasteiger partial charge in [0.1, 0.15) is 6.54 Å². The summed E-state index contributed by atoms with van der Waals surface area (Å²) in [5.74, 6) is 0.628. The Balaban J connectivity index is 1.77. The van der Waals surface area contributed by atoms with Gasteiger partial charge in [0.15, 0.2) is 5.78 Å². The van der Waals surface area contributed by atoms with E-state index in [1.807, 2.05) is 24.3 Å². The van der Waals surface area contributed by atoms with Gasteiger partial charge in [-0.05, 0) is 25.9 Å². The number of ketones is 1. The van der Waals surface area contributed by atoms with Crippen LogP contribution in [0.2, 0.25) is 0 Å². The van der Waals surface area contributed by atoms with Gasteiger partial charge in [-0.25, -0.2) is 0 Å². The molecule has 4 heteroatoms. The average Bonchev–Trinajstić information content (AvgIpc) is 2.49. The highest BCUT2D eigenvalue weighted by molar-refractivity contribution is 6.15. The lowest BCUT2D eigenvalue weighted by Crippen LogP contribution is -2.40. The number of nitrogens with two attached hydrogens (primary N) is 1. The molecule has 3 rings (SSSR count). The number of likely N-dealkylation sites (tertiary alicyclic amines) is 1. The first-order valence-electron chi connectivity index (χ1n) is 7.39. The number of piperidine rings is 1. The molecule has 0 aliphatic carbocycles. The fourth-order valence-electron chi connectivity index (χ4n) is 3.24. The summed E-state index contributed by atoms with van der Waals surface area (Å²) in [5, 5.41) is 0. The van der Waals surface area contributed by atoms with Crippen LogP contribution in [0.15, 0.2) is 29.3 Å². The van der Waals surface area contributed by atoms with Crippen LogP contribution in [0.25, 0.3) is 0 Å². The molecule has 0 radical (unpaired) electrons. The van der Waals surface area contributed by atoms with Gasteiger partial charge in [0.25, 0.3) is 0 Å². The summed E-state index contributed by atoms with van der Waals surface area (Å²) < 4.78 is 0. The third kappa shape index (κ3) is 2.53. The number of Topliss-reactive ketones (excluding diaryl/α,β-unsaturated/α-hetero) is 1. The van der Waals surface area contributed by atoms with Gasteiger partial charge in [-0.3, -0.25) is 9.79 Å². The lowest BCUT2D eigenvalue weighted by molar-refractivity contribution is 0.0999. The molecule has 0 atom stereocenters. The first-order valence-corrected chi connectivity index (χ1v) is 7.39. The minimum atomic E-state index is 0.143. The third-order valence-corrected chi connectivity index (χ3v) is 4.32. The molecule has 2 N–H and O–H groups in total. The van der Waals surface area contributed by atoms with Crippen molar-refractivity contribution in [1.82, 2.24) is 4.90 Å². The minimum Gasteiger partial charge on any atom is -0.329 e. The summed E-state index contributed by atoms with van der Waals surface area (Å²) in [5.41, 5.74) is 8.66. The van der Waals surface area contributed by atoms with E-state index in [1.54, 1.807) is 0 Å². The lowest BCUT2D eigenvalue weighted by atomic mass is 9.84. The number of nitrogens with zero attached hydrogens (tertiary/aromatic N) is 2. The summed E-state index contributed by atoms with van der Waals surface area (Å²) in [6.45, 7) is 4.18. The van der Waals surface area contributed by atoms with E-state index >= 15 is 0 Å². The van der Waals surface area contributed by atoms with E-state index in [1.165, 1.54) is 0 Å². The Labute approximate surface area is 119 Å². The maximum absolute atomic E-state index is 11.9. The van der Waals surface area contributed by atoms with Crippen LogP contribution in [-0.2, 0) is 0 Å². The molecule has 20 heavy (non-hydrogen) atoms. The summed E-state index contributed by atoms with van der Waals surface area (Å²) in [7, 11) is 0. The van der Waals surface area contributed by atoms with Crippen molar-refractivity contribution < 1.29 is 4.79 Å². The second-order valence-electron chi connectivity index (χ2n) is 5.57. The third-order valence-electron chi connectivity index (χ3n) is 4.32. The Morgan fingerprint density at radius 2 is 1.90 bits per heavy atom. The fourth-order valence-corrected chi connectivity index (χ4v) is 3.24. The highest BCUT2D eigenvalue weighted by Crippen LogP contribution is 2.26. The second-order valence-corrected chi connectivity index (χ2v) is 5.57. The Bertz CT molecular complexity index is 530. The van der Waals surface area contributed by atoms with Crippen LogP contribution in [0.4, 0.5) is 0 Å².